The first-order valence-corrected chi connectivity index (χ1v) is 5.05. The van der Waals surface area contributed by atoms with Crippen molar-refractivity contribution in [1.82, 2.24) is 10.3 Å². The van der Waals surface area contributed by atoms with E-state index in [1.165, 1.54) is 0 Å². The molecule has 1 aromatic rings. The molecule has 0 aliphatic rings. The molecular formula is C10H10F3N3O3. The second-order valence-electron chi connectivity index (χ2n) is 3.42. The molecule has 6 nitrogen and oxygen atoms in total. The third kappa shape index (κ3) is 4.82. The van der Waals surface area contributed by atoms with E-state index in [9.17, 15) is 22.8 Å². The highest BCUT2D eigenvalue weighted by atomic mass is 19.4. The lowest BCUT2D eigenvalue weighted by molar-refractivity contribution is -0.137. The molecule has 9 heteroatoms. The number of alkyl halides is 3. The van der Waals surface area contributed by atoms with E-state index in [2.05, 4.69) is 10.3 Å². The minimum Gasteiger partial charge on any atom is -0.480 e. The van der Waals surface area contributed by atoms with Crippen LogP contribution in [0.25, 0.3) is 0 Å². The summed E-state index contributed by atoms with van der Waals surface area (Å²) in [6.45, 7) is -1.11. The number of pyridine rings is 1. The zero-order valence-electron chi connectivity index (χ0n) is 9.49. The topological polar surface area (TPSA) is 91.3 Å². The van der Waals surface area contributed by atoms with Crippen LogP contribution in [0.3, 0.4) is 0 Å². The van der Waals surface area contributed by atoms with Gasteiger partial charge in [-0.15, -0.1) is 0 Å². The molecule has 0 unspecified atom stereocenters. The third-order valence-corrected chi connectivity index (χ3v) is 1.97. The molecule has 0 bridgehead atoms. The number of hydrogen-bond donors (Lipinski definition) is 3. The van der Waals surface area contributed by atoms with Crippen molar-refractivity contribution in [2.24, 2.45) is 0 Å². The summed E-state index contributed by atoms with van der Waals surface area (Å²) in [7, 11) is 0. The van der Waals surface area contributed by atoms with E-state index < -0.39 is 42.5 Å². The predicted molar refractivity (Wildman–Crippen MR) is 58.4 cm³/mol. The van der Waals surface area contributed by atoms with Gasteiger partial charge in [0.05, 0.1) is 12.1 Å². The lowest BCUT2D eigenvalue weighted by atomic mass is 10.2. The van der Waals surface area contributed by atoms with E-state index in [1.54, 1.807) is 0 Å². The number of anilines is 1. The highest BCUT2D eigenvalue weighted by Gasteiger charge is 2.34. The van der Waals surface area contributed by atoms with Gasteiger partial charge in [-0.05, 0) is 12.1 Å². The van der Waals surface area contributed by atoms with Crippen LogP contribution in [0.2, 0.25) is 0 Å². The van der Waals surface area contributed by atoms with Crippen LogP contribution in [0.1, 0.15) is 5.56 Å². The number of carbonyl (C=O) groups is 2. The number of amides is 1. The molecule has 1 rings (SSSR count). The molecular weight excluding hydrogens is 267 g/mol. The molecule has 0 aliphatic heterocycles. The van der Waals surface area contributed by atoms with Crippen molar-refractivity contribution in [3.8, 4) is 0 Å². The SMILES string of the molecule is O=C(O)CNC(=O)CNc1ncccc1C(F)(F)F. The molecule has 0 fully saturated rings. The number of carbonyl (C=O) groups excluding carboxylic acids is 1. The summed E-state index contributed by atoms with van der Waals surface area (Å²) >= 11 is 0. The summed E-state index contributed by atoms with van der Waals surface area (Å²) in [6, 6.07) is 1.95. The molecule has 0 radical (unpaired) electrons. The maximum atomic E-state index is 12.6. The van der Waals surface area contributed by atoms with Gasteiger partial charge in [0.2, 0.25) is 5.91 Å². The zero-order valence-corrected chi connectivity index (χ0v) is 9.49. The molecule has 1 aromatic heterocycles. The van der Waals surface area contributed by atoms with Crippen LogP contribution >= 0.6 is 0 Å². The van der Waals surface area contributed by atoms with Gasteiger partial charge in [0, 0.05) is 6.20 Å². The van der Waals surface area contributed by atoms with E-state index in [0.717, 1.165) is 18.3 Å². The molecule has 3 N–H and O–H groups in total. The van der Waals surface area contributed by atoms with Crippen LogP contribution in [0.4, 0.5) is 19.0 Å². The van der Waals surface area contributed by atoms with Gasteiger partial charge >= 0.3 is 12.1 Å². The molecule has 0 aromatic carbocycles. The quantitative estimate of drug-likeness (QED) is 0.737. The first kappa shape index (κ1) is 14.7. The number of nitrogens with zero attached hydrogens (tertiary/aromatic N) is 1. The Labute approximate surface area is 105 Å². The standard InChI is InChI=1S/C10H10F3N3O3/c11-10(12,13)6-2-1-3-14-9(6)16-4-7(17)15-5-8(18)19/h1-3H,4-5H2,(H,14,16)(H,15,17)(H,18,19). The summed E-state index contributed by atoms with van der Waals surface area (Å²) in [5.41, 5.74) is -0.999. The number of carboxylic acids is 1. The summed E-state index contributed by atoms with van der Waals surface area (Å²) in [6.07, 6.45) is -3.44. The molecule has 1 heterocycles. The van der Waals surface area contributed by atoms with Crippen LogP contribution in [0.15, 0.2) is 18.3 Å². The van der Waals surface area contributed by atoms with Crippen LogP contribution in [-0.4, -0.2) is 35.1 Å². The Morgan fingerprint density at radius 1 is 1.32 bits per heavy atom. The Balaban J connectivity index is 2.63. The molecule has 0 spiro atoms. The van der Waals surface area contributed by atoms with Crippen molar-refractivity contribution in [2.75, 3.05) is 18.4 Å². The van der Waals surface area contributed by atoms with Crippen LogP contribution in [-0.2, 0) is 15.8 Å². The number of aliphatic carboxylic acids is 1. The maximum Gasteiger partial charge on any atom is 0.419 e. The molecule has 0 atom stereocenters. The Bertz CT molecular complexity index is 477. The zero-order chi connectivity index (χ0) is 14.5. The third-order valence-electron chi connectivity index (χ3n) is 1.97. The Morgan fingerprint density at radius 3 is 2.58 bits per heavy atom. The van der Waals surface area contributed by atoms with Crippen molar-refractivity contribution in [2.45, 2.75) is 6.18 Å². The second-order valence-corrected chi connectivity index (χ2v) is 3.42. The summed E-state index contributed by atoms with van der Waals surface area (Å²) in [5.74, 6) is -2.48. The smallest absolute Gasteiger partial charge is 0.419 e. The maximum absolute atomic E-state index is 12.6. The minimum atomic E-state index is -4.59. The van der Waals surface area contributed by atoms with Crippen LogP contribution in [0, 0.1) is 0 Å². The van der Waals surface area contributed by atoms with Crippen molar-refractivity contribution in [1.29, 1.82) is 0 Å². The fraction of sp³-hybridized carbons (Fsp3) is 0.300. The number of aromatic nitrogens is 1. The lowest BCUT2D eigenvalue weighted by Gasteiger charge is -2.12. The molecule has 0 saturated carbocycles. The summed E-state index contributed by atoms with van der Waals surface area (Å²) in [5, 5.41) is 12.5. The monoisotopic (exact) mass is 277 g/mol. The Kier molecular flexibility index (Phi) is 4.67. The molecule has 0 saturated heterocycles. The van der Waals surface area contributed by atoms with Gasteiger partial charge in [-0.25, -0.2) is 4.98 Å². The summed E-state index contributed by atoms with van der Waals surface area (Å²) in [4.78, 5) is 24.8. The van der Waals surface area contributed by atoms with E-state index in [-0.39, 0.29) is 0 Å². The number of halogens is 3. The lowest BCUT2D eigenvalue weighted by Crippen LogP contribution is -2.34. The van der Waals surface area contributed by atoms with Gasteiger partial charge in [0.15, 0.2) is 0 Å². The molecule has 1 amide bonds. The van der Waals surface area contributed by atoms with E-state index in [4.69, 9.17) is 5.11 Å². The van der Waals surface area contributed by atoms with Gasteiger partial charge < -0.3 is 15.7 Å². The number of nitrogens with one attached hydrogen (secondary N) is 2. The van der Waals surface area contributed by atoms with Crippen molar-refractivity contribution in [3.63, 3.8) is 0 Å². The first-order valence-electron chi connectivity index (χ1n) is 5.05. The van der Waals surface area contributed by atoms with Gasteiger partial charge in [0.1, 0.15) is 12.4 Å². The largest absolute Gasteiger partial charge is 0.480 e. The fourth-order valence-electron chi connectivity index (χ4n) is 1.18. The van der Waals surface area contributed by atoms with Crippen LogP contribution < -0.4 is 10.6 Å². The first-order chi connectivity index (χ1) is 8.80. The van der Waals surface area contributed by atoms with Gasteiger partial charge in [0.25, 0.3) is 0 Å². The van der Waals surface area contributed by atoms with E-state index in [1.807, 2.05) is 5.32 Å². The van der Waals surface area contributed by atoms with Crippen molar-refractivity contribution >= 4 is 17.7 Å². The van der Waals surface area contributed by atoms with Crippen molar-refractivity contribution < 1.29 is 27.9 Å². The molecule has 0 aliphatic carbocycles. The predicted octanol–water partition coefficient (Wildman–Crippen LogP) is 0.713. The molecule has 104 valence electrons. The van der Waals surface area contributed by atoms with E-state index in [0.29, 0.717) is 0 Å². The van der Waals surface area contributed by atoms with Gasteiger partial charge in [-0.3, -0.25) is 9.59 Å². The fourth-order valence-corrected chi connectivity index (χ4v) is 1.18. The highest BCUT2D eigenvalue weighted by molar-refractivity contribution is 5.84. The van der Waals surface area contributed by atoms with E-state index >= 15 is 0 Å². The average Bonchev–Trinajstić information content (AvgIpc) is 2.33. The number of rotatable bonds is 5. The minimum absolute atomic E-state index is 0.486. The second kappa shape index (κ2) is 6.03. The number of carboxylic acid groups (broad SMARTS) is 1. The Morgan fingerprint density at radius 2 is 2.00 bits per heavy atom. The molecule has 19 heavy (non-hydrogen) atoms. The van der Waals surface area contributed by atoms with Crippen LogP contribution in [0.5, 0.6) is 0 Å². The summed E-state index contributed by atoms with van der Waals surface area (Å²) < 4.78 is 37.7. The Hall–Kier alpha value is -2.32. The van der Waals surface area contributed by atoms with Gasteiger partial charge in [-0.2, -0.15) is 13.2 Å². The number of hydrogen-bond acceptors (Lipinski definition) is 4. The normalized spacial score (nSPS) is 10.9. The van der Waals surface area contributed by atoms with Crippen molar-refractivity contribution in [3.05, 3.63) is 23.9 Å². The average molecular weight is 277 g/mol. The van der Waals surface area contributed by atoms with Gasteiger partial charge in [-0.1, -0.05) is 0 Å². The highest BCUT2D eigenvalue weighted by Crippen LogP contribution is 2.33.